The van der Waals surface area contributed by atoms with Crippen molar-refractivity contribution in [1.29, 1.82) is 0 Å². The first-order valence-corrected chi connectivity index (χ1v) is 10.1. The number of rotatable bonds is 3. The number of nitrogens with zero attached hydrogens (tertiary/aromatic N) is 3. The van der Waals surface area contributed by atoms with Gasteiger partial charge in [0, 0.05) is 30.6 Å². The van der Waals surface area contributed by atoms with Gasteiger partial charge in [-0.3, -0.25) is 4.98 Å². The van der Waals surface area contributed by atoms with Gasteiger partial charge in [0.15, 0.2) is 5.84 Å². The van der Waals surface area contributed by atoms with Gasteiger partial charge in [0.25, 0.3) is 10.0 Å². The molecule has 1 aromatic heterocycles. The van der Waals surface area contributed by atoms with E-state index in [9.17, 15) is 21.6 Å². The van der Waals surface area contributed by atoms with Crippen LogP contribution in [0.2, 0.25) is 0 Å². The molecule has 0 radical (unpaired) electrons. The lowest BCUT2D eigenvalue weighted by molar-refractivity contribution is -0.141. The van der Waals surface area contributed by atoms with Crippen LogP contribution in [0.15, 0.2) is 65.3 Å². The normalized spacial score (nSPS) is 18.0. The largest absolute Gasteiger partial charge is 0.457 e. The number of pyridine rings is 1. The lowest BCUT2D eigenvalue weighted by Gasteiger charge is -2.29. The highest BCUT2D eigenvalue weighted by Crippen LogP contribution is 2.32. The van der Waals surface area contributed by atoms with Gasteiger partial charge in [0.2, 0.25) is 0 Å². The predicted molar refractivity (Wildman–Crippen MR) is 101 cm³/mol. The molecular weight excluding hydrogens is 407 g/mol. The summed E-state index contributed by atoms with van der Waals surface area (Å²) in [6.45, 7) is 0.319. The van der Waals surface area contributed by atoms with Crippen LogP contribution in [0.5, 0.6) is 11.5 Å². The Bertz CT molecular complexity index is 1140. The lowest BCUT2D eigenvalue weighted by atomic mass is 10.0. The highest BCUT2D eigenvalue weighted by atomic mass is 32.2. The van der Waals surface area contributed by atoms with E-state index in [1.807, 2.05) is 0 Å². The summed E-state index contributed by atoms with van der Waals surface area (Å²) in [5, 5.41) is 0. The molecule has 0 spiro atoms. The van der Waals surface area contributed by atoms with Crippen LogP contribution in [0, 0.1) is 0 Å². The average Bonchev–Trinajstić information content (AvgIpc) is 2.67. The van der Waals surface area contributed by atoms with Crippen LogP contribution in [-0.2, 0) is 16.2 Å². The van der Waals surface area contributed by atoms with E-state index in [1.165, 1.54) is 6.07 Å². The van der Waals surface area contributed by atoms with Crippen molar-refractivity contribution in [2.24, 2.45) is 4.40 Å². The molecule has 0 saturated heterocycles. The number of amidine groups is 1. The number of hydrogen-bond acceptors (Lipinski definition) is 5. The van der Waals surface area contributed by atoms with Crippen molar-refractivity contribution in [3.8, 4) is 11.5 Å². The second-order valence-electron chi connectivity index (χ2n) is 6.32. The summed E-state index contributed by atoms with van der Waals surface area (Å²) in [6, 6.07) is 8.70. The highest BCUT2D eigenvalue weighted by Gasteiger charge is 2.32. The molecule has 0 fully saturated rings. The first kappa shape index (κ1) is 19.2. The third kappa shape index (κ3) is 4.16. The van der Waals surface area contributed by atoms with Crippen LogP contribution in [0.4, 0.5) is 13.2 Å². The molecule has 0 N–H and O–H groups in total. The minimum absolute atomic E-state index is 0.00816. The van der Waals surface area contributed by atoms with E-state index in [0.717, 1.165) is 12.3 Å². The Hall–Kier alpha value is -3.14. The van der Waals surface area contributed by atoms with E-state index < -0.39 is 21.9 Å². The zero-order valence-corrected chi connectivity index (χ0v) is 15.6. The molecular formula is C19H14F3N3O3S. The van der Waals surface area contributed by atoms with Crippen molar-refractivity contribution < 1.29 is 26.3 Å². The molecule has 0 unspecified atom stereocenters. The molecule has 2 aromatic rings. The minimum Gasteiger partial charge on any atom is -0.457 e. The summed E-state index contributed by atoms with van der Waals surface area (Å²) in [5.41, 5.74) is 0.293. The van der Waals surface area contributed by atoms with E-state index >= 15 is 0 Å². The Morgan fingerprint density at radius 3 is 2.55 bits per heavy atom. The number of aromatic nitrogens is 1. The summed E-state index contributed by atoms with van der Waals surface area (Å²) < 4.78 is 71.4. The molecule has 0 atom stereocenters. The fraction of sp³-hybridized carbons (Fsp3) is 0.158. The van der Waals surface area contributed by atoms with Crippen LogP contribution in [0.25, 0.3) is 5.57 Å². The van der Waals surface area contributed by atoms with Gasteiger partial charge in [-0.05, 0) is 35.9 Å². The minimum atomic E-state index is -4.56. The summed E-state index contributed by atoms with van der Waals surface area (Å²) in [6.07, 6.45) is 1.78. The number of allylic oxidation sites excluding steroid dienone is 2. The van der Waals surface area contributed by atoms with E-state index in [2.05, 4.69) is 9.38 Å². The van der Waals surface area contributed by atoms with Crippen molar-refractivity contribution in [3.05, 3.63) is 72.2 Å². The molecule has 0 saturated carbocycles. The molecule has 29 heavy (non-hydrogen) atoms. The molecule has 2 aliphatic heterocycles. The summed E-state index contributed by atoms with van der Waals surface area (Å²) >= 11 is 0. The summed E-state index contributed by atoms with van der Waals surface area (Å²) in [7, 11) is -3.51. The second kappa shape index (κ2) is 7.03. The number of hydrogen-bond donors (Lipinski definition) is 0. The fourth-order valence-electron chi connectivity index (χ4n) is 2.91. The maximum Gasteiger partial charge on any atom is 0.433 e. The number of ether oxygens (including phenoxy) is 1. The SMILES string of the molecule is O=S1(=O)CCN2C=CC=C(c3ccc(Oc4ccnc(C(F)(F)F)c4)cc3)C2=N1. The van der Waals surface area contributed by atoms with E-state index in [-0.39, 0.29) is 11.5 Å². The Kier molecular flexibility index (Phi) is 4.65. The van der Waals surface area contributed by atoms with Crippen molar-refractivity contribution in [1.82, 2.24) is 9.88 Å². The molecule has 10 heteroatoms. The van der Waals surface area contributed by atoms with Gasteiger partial charge < -0.3 is 9.64 Å². The summed E-state index contributed by atoms with van der Waals surface area (Å²) in [4.78, 5) is 5.05. The highest BCUT2D eigenvalue weighted by molar-refractivity contribution is 7.90. The second-order valence-corrected chi connectivity index (χ2v) is 8.07. The predicted octanol–water partition coefficient (Wildman–Crippen LogP) is 3.85. The van der Waals surface area contributed by atoms with Crippen LogP contribution >= 0.6 is 0 Å². The monoisotopic (exact) mass is 421 g/mol. The van der Waals surface area contributed by atoms with Crippen molar-refractivity contribution in [2.45, 2.75) is 6.18 Å². The van der Waals surface area contributed by atoms with E-state index in [0.29, 0.717) is 29.3 Å². The number of halogens is 3. The Labute approximate surface area is 164 Å². The molecule has 0 bridgehead atoms. The quantitative estimate of drug-likeness (QED) is 0.753. The zero-order valence-electron chi connectivity index (χ0n) is 14.8. The molecule has 1 aromatic carbocycles. The molecule has 6 nitrogen and oxygen atoms in total. The third-order valence-electron chi connectivity index (χ3n) is 4.28. The fourth-order valence-corrected chi connectivity index (χ4v) is 3.90. The van der Waals surface area contributed by atoms with Gasteiger partial charge in [-0.2, -0.15) is 13.2 Å². The molecule has 3 heterocycles. The standard InChI is InChI=1S/C19H14F3N3O3S/c20-19(21,22)17-12-15(7-8-23-17)28-14-5-3-13(4-6-14)16-2-1-9-25-10-11-29(26,27)24-18(16)25/h1-9,12H,10-11H2. The maximum atomic E-state index is 12.8. The molecule has 150 valence electrons. The summed E-state index contributed by atoms with van der Waals surface area (Å²) in [5.74, 6) is 0.632. The Balaban J connectivity index is 1.58. The number of benzene rings is 1. The third-order valence-corrected chi connectivity index (χ3v) is 5.43. The van der Waals surface area contributed by atoms with Gasteiger partial charge in [-0.1, -0.05) is 12.1 Å². The van der Waals surface area contributed by atoms with Crippen LogP contribution in [0.1, 0.15) is 11.3 Å². The zero-order chi connectivity index (χ0) is 20.6. The molecule has 0 aliphatic carbocycles. The van der Waals surface area contributed by atoms with Gasteiger partial charge in [-0.15, -0.1) is 4.40 Å². The lowest BCUT2D eigenvalue weighted by Crippen LogP contribution is -2.37. The number of alkyl halides is 3. The average molecular weight is 421 g/mol. The molecule has 2 aliphatic rings. The van der Waals surface area contributed by atoms with E-state index in [4.69, 9.17) is 4.74 Å². The van der Waals surface area contributed by atoms with E-state index in [1.54, 1.807) is 47.5 Å². The smallest absolute Gasteiger partial charge is 0.433 e. The van der Waals surface area contributed by atoms with Crippen molar-refractivity contribution in [3.63, 3.8) is 0 Å². The van der Waals surface area contributed by atoms with Crippen LogP contribution in [0.3, 0.4) is 0 Å². The Morgan fingerprint density at radius 2 is 1.83 bits per heavy atom. The first-order valence-electron chi connectivity index (χ1n) is 8.51. The molecule has 4 rings (SSSR count). The van der Waals surface area contributed by atoms with Crippen LogP contribution in [-0.4, -0.2) is 36.4 Å². The van der Waals surface area contributed by atoms with Crippen molar-refractivity contribution in [2.75, 3.05) is 12.3 Å². The van der Waals surface area contributed by atoms with Gasteiger partial charge in [0.05, 0.1) is 5.75 Å². The topological polar surface area (TPSA) is 71.9 Å². The van der Waals surface area contributed by atoms with Gasteiger partial charge >= 0.3 is 6.18 Å². The molecule has 0 amide bonds. The van der Waals surface area contributed by atoms with Gasteiger partial charge in [-0.25, -0.2) is 8.42 Å². The van der Waals surface area contributed by atoms with Crippen LogP contribution < -0.4 is 4.74 Å². The Morgan fingerprint density at radius 1 is 1.07 bits per heavy atom. The number of fused-ring (bicyclic) bond motifs is 1. The van der Waals surface area contributed by atoms with Gasteiger partial charge in [0.1, 0.15) is 17.2 Å². The van der Waals surface area contributed by atoms with Crippen molar-refractivity contribution >= 4 is 21.4 Å². The number of sulfonamides is 1. The first-order chi connectivity index (χ1) is 13.7. The maximum absolute atomic E-state index is 12.8.